The number of aromatic carboxylic acids is 1. The van der Waals surface area contributed by atoms with Crippen molar-refractivity contribution in [1.82, 2.24) is 10.2 Å². The average Bonchev–Trinajstić information content (AvgIpc) is 2.53. The molecule has 0 bridgehead atoms. The Hall–Kier alpha value is -2.57. The van der Waals surface area contributed by atoms with E-state index in [-0.39, 0.29) is 23.1 Å². The van der Waals surface area contributed by atoms with Crippen molar-refractivity contribution in [2.24, 2.45) is 0 Å². The van der Waals surface area contributed by atoms with E-state index in [0.29, 0.717) is 25.9 Å². The maximum absolute atomic E-state index is 12.6. The lowest BCUT2D eigenvalue weighted by molar-refractivity contribution is 0.0471. The number of nitrogens with zero attached hydrogens (tertiary/aromatic N) is 1. The third-order valence-electron chi connectivity index (χ3n) is 3.89. The molecule has 0 saturated carbocycles. The number of amides is 2. The van der Waals surface area contributed by atoms with Crippen molar-refractivity contribution in [2.45, 2.75) is 45.3 Å². The number of carboxylic acid groups (broad SMARTS) is 1. The molecule has 2 amide bonds. The van der Waals surface area contributed by atoms with Crippen molar-refractivity contribution in [3.63, 3.8) is 0 Å². The number of rotatable bonds is 3. The van der Waals surface area contributed by atoms with Gasteiger partial charge in [0.25, 0.3) is 5.91 Å². The van der Waals surface area contributed by atoms with E-state index in [4.69, 9.17) is 4.74 Å². The summed E-state index contributed by atoms with van der Waals surface area (Å²) in [6, 6.07) is 6.13. The Balaban J connectivity index is 1.93. The molecular formula is C18H24N2O5. The molecule has 7 heteroatoms. The number of carbonyl (C=O) groups excluding carboxylic acids is 2. The normalized spacial score (nSPS) is 15.6. The van der Waals surface area contributed by atoms with E-state index in [9.17, 15) is 19.5 Å². The maximum Gasteiger partial charge on any atom is 0.407 e. The molecular weight excluding hydrogens is 324 g/mol. The molecule has 0 atom stereocenters. The van der Waals surface area contributed by atoms with Crippen molar-refractivity contribution < 1.29 is 24.2 Å². The van der Waals surface area contributed by atoms with Crippen LogP contribution in [0.15, 0.2) is 24.3 Å². The smallest absolute Gasteiger partial charge is 0.407 e. The molecule has 2 rings (SSSR count). The van der Waals surface area contributed by atoms with Gasteiger partial charge in [-0.15, -0.1) is 0 Å². The molecule has 0 spiro atoms. The highest BCUT2D eigenvalue weighted by atomic mass is 16.6. The Morgan fingerprint density at radius 1 is 1.12 bits per heavy atom. The Morgan fingerprint density at radius 3 is 2.20 bits per heavy atom. The lowest BCUT2D eigenvalue weighted by Crippen LogP contribution is -2.47. The minimum Gasteiger partial charge on any atom is -0.478 e. The average molecular weight is 348 g/mol. The molecule has 136 valence electrons. The highest BCUT2D eigenvalue weighted by Gasteiger charge is 2.28. The summed E-state index contributed by atoms with van der Waals surface area (Å²) >= 11 is 0. The van der Waals surface area contributed by atoms with E-state index in [1.165, 1.54) is 12.1 Å². The number of carboxylic acids is 1. The fraction of sp³-hybridized carbons (Fsp3) is 0.500. The molecule has 7 nitrogen and oxygen atoms in total. The number of ether oxygens (including phenoxy) is 1. The van der Waals surface area contributed by atoms with Crippen molar-refractivity contribution >= 4 is 18.0 Å². The van der Waals surface area contributed by atoms with Crippen LogP contribution in [0.3, 0.4) is 0 Å². The van der Waals surface area contributed by atoms with Crippen molar-refractivity contribution in [3.8, 4) is 0 Å². The number of alkyl carbamates (subject to hydrolysis) is 1. The van der Waals surface area contributed by atoms with Crippen LogP contribution in [-0.4, -0.2) is 52.7 Å². The fourth-order valence-electron chi connectivity index (χ4n) is 2.73. The SMILES string of the molecule is CC(C)(C)OC(=O)NC1CCN(C(=O)c2ccccc2C(=O)O)CC1. The maximum atomic E-state index is 12.6. The summed E-state index contributed by atoms with van der Waals surface area (Å²) in [5.74, 6) is -1.42. The largest absolute Gasteiger partial charge is 0.478 e. The van der Waals surface area contributed by atoms with E-state index >= 15 is 0 Å². The molecule has 0 aromatic heterocycles. The first-order valence-electron chi connectivity index (χ1n) is 8.28. The Labute approximate surface area is 147 Å². The molecule has 1 saturated heterocycles. The van der Waals surface area contributed by atoms with Gasteiger partial charge in [0.15, 0.2) is 0 Å². The van der Waals surface area contributed by atoms with Crippen molar-refractivity contribution in [2.75, 3.05) is 13.1 Å². The summed E-state index contributed by atoms with van der Waals surface area (Å²) in [6.45, 7) is 6.30. The van der Waals surface area contributed by atoms with E-state index in [1.54, 1.807) is 37.8 Å². The van der Waals surface area contributed by atoms with Crippen LogP contribution in [-0.2, 0) is 4.74 Å². The minimum atomic E-state index is -1.12. The van der Waals surface area contributed by atoms with Gasteiger partial charge >= 0.3 is 12.1 Å². The van der Waals surface area contributed by atoms with Gasteiger partial charge in [-0.05, 0) is 45.7 Å². The standard InChI is InChI=1S/C18H24N2O5/c1-18(2,3)25-17(24)19-12-8-10-20(11-9-12)15(21)13-6-4-5-7-14(13)16(22)23/h4-7,12H,8-11H2,1-3H3,(H,19,24)(H,22,23). The van der Waals surface area contributed by atoms with Gasteiger partial charge in [0.05, 0.1) is 11.1 Å². The lowest BCUT2D eigenvalue weighted by Gasteiger charge is -2.33. The second-order valence-electron chi connectivity index (χ2n) is 7.06. The molecule has 1 aromatic rings. The van der Waals surface area contributed by atoms with Crippen LogP contribution >= 0.6 is 0 Å². The lowest BCUT2D eigenvalue weighted by atomic mass is 10.0. The summed E-state index contributed by atoms with van der Waals surface area (Å²) in [5.41, 5.74) is -0.364. The molecule has 0 unspecified atom stereocenters. The zero-order chi connectivity index (χ0) is 18.6. The number of carbonyl (C=O) groups is 3. The van der Waals surface area contributed by atoms with Crippen LogP contribution in [0.25, 0.3) is 0 Å². The van der Waals surface area contributed by atoms with Crippen LogP contribution in [0.5, 0.6) is 0 Å². The van der Waals surface area contributed by atoms with Crippen LogP contribution in [0.2, 0.25) is 0 Å². The van der Waals surface area contributed by atoms with Gasteiger partial charge in [-0.2, -0.15) is 0 Å². The predicted molar refractivity (Wildman–Crippen MR) is 91.7 cm³/mol. The zero-order valence-electron chi connectivity index (χ0n) is 14.7. The van der Waals surface area contributed by atoms with E-state index < -0.39 is 17.7 Å². The molecule has 0 radical (unpaired) electrons. The molecule has 0 aliphatic carbocycles. The molecule has 1 aliphatic rings. The molecule has 2 N–H and O–H groups in total. The van der Waals surface area contributed by atoms with Crippen LogP contribution in [0.4, 0.5) is 4.79 Å². The molecule has 1 fully saturated rings. The van der Waals surface area contributed by atoms with E-state index in [2.05, 4.69) is 5.32 Å². The topological polar surface area (TPSA) is 95.9 Å². The van der Waals surface area contributed by atoms with E-state index in [0.717, 1.165) is 0 Å². The summed E-state index contributed by atoms with van der Waals surface area (Å²) < 4.78 is 5.23. The summed E-state index contributed by atoms with van der Waals surface area (Å²) in [7, 11) is 0. The highest BCUT2D eigenvalue weighted by Crippen LogP contribution is 2.17. The van der Waals surface area contributed by atoms with Gasteiger partial charge in [0, 0.05) is 19.1 Å². The molecule has 1 aromatic carbocycles. The molecule has 1 aliphatic heterocycles. The minimum absolute atomic E-state index is 0.00139. The van der Waals surface area contributed by atoms with Gasteiger partial charge in [-0.3, -0.25) is 4.79 Å². The van der Waals surface area contributed by atoms with Crippen LogP contribution in [0, 0.1) is 0 Å². The van der Waals surface area contributed by atoms with Gasteiger partial charge in [0.1, 0.15) is 5.60 Å². The Morgan fingerprint density at radius 2 is 1.68 bits per heavy atom. The van der Waals surface area contributed by atoms with Crippen molar-refractivity contribution in [1.29, 1.82) is 0 Å². The Kier molecular flexibility index (Phi) is 5.66. The Bertz CT molecular complexity index is 658. The third-order valence-corrected chi connectivity index (χ3v) is 3.89. The van der Waals surface area contributed by atoms with E-state index in [1.807, 2.05) is 0 Å². The monoisotopic (exact) mass is 348 g/mol. The number of piperidine rings is 1. The number of hydrogen-bond acceptors (Lipinski definition) is 4. The van der Waals surface area contributed by atoms with Gasteiger partial charge in [0.2, 0.25) is 0 Å². The summed E-state index contributed by atoms with van der Waals surface area (Å²) in [6.07, 6.45) is 0.731. The molecule has 25 heavy (non-hydrogen) atoms. The summed E-state index contributed by atoms with van der Waals surface area (Å²) in [5, 5.41) is 12.0. The number of nitrogens with one attached hydrogen (secondary N) is 1. The first-order valence-corrected chi connectivity index (χ1v) is 8.28. The highest BCUT2D eigenvalue weighted by molar-refractivity contribution is 6.04. The number of benzene rings is 1. The van der Waals surface area contributed by atoms with Gasteiger partial charge in [-0.25, -0.2) is 9.59 Å². The quantitative estimate of drug-likeness (QED) is 0.875. The fourth-order valence-corrected chi connectivity index (χ4v) is 2.73. The summed E-state index contributed by atoms with van der Waals surface area (Å²) in [4.78, 5) is 37.3. The third kappa shape index (κ3) is 5.20. The van der Waals surface area contributed by atoms with Gasteiger partial charge in [-0.1, -0.05) is 12.1 Å². The molecule has 1 heterocycles. The predicted octanol–water partition coefficient (Wildman–Crippen LogP) is 2.51. The van der Waals surface area contributed by atoms with Gasteiger partial charge < -0.3 is 20.1 Å². The number of likely N-dealkylation sites (tertiary alicyclic amines) is 1. The second-order valence-corrected chi connectivity index (χ2v) is 7.06. The zero-order valence-corrected chi connectivity index (χ0v) is 14.7. The first-order chi connectivity index (χ1) is 11.7. The van der Waals surface area contributed by atoms with Crippen molar-refractivity contribution in [3.05, 3.63) is 35.4 Å². The van der Waals surface area contributed by atoms with Crippen LogP contribution < -0.4 is 5.32 Å². The first kappa shape index (κ1) is 18.8. The second kappa shape index (κ2) is 7.55. The van der Waals surface area contributed by atoms with Crippen LogP contribution in [0.1, 0.15) is 54.3 Å². The number of hydrogen-bond donors (Lipinski definition) is 2.